The van der Waals surface area contributed by atoms with E-state index >= 15 is 0 Å². The predicted molar refractivity (Wildman–Crippen MR) is 97.0 cm³/mol. The molecule has 1 aromatic carbocycles. The molecule has 5 nitrogen and oxygen atoms in total. The van der Waals surface area contributed by atoms with Crippen molar-refractivity contribution in [1.29, 1.82) is 0 Å². The Morgan fingerprint density at radius 2 is 1.64 bits per heavy atom. The van der Waals surface area contributed by atoms with Crippen LogP contribution in [0.4, 0.5) is 0 Å². The third-order valence-electron chi connectivity index (χ3n) is 5.66. The molecule has 0 aliphatic carbocycles. The Bertz CT molecular complexity index is 681. The standard InChI is InChI=1S/C19H29NO4S/c1-4-18(2,3)16-6-8-17(9-7-16)25(21,22)20-12-10-19(11-13-20)23-14-5-15-24-19/h6-9H,4-5,10-15H2,1-3H3. The minimum atomic E-state index is -3.46. The maximum absolute atomic E-state index is 12.9. The van der Waals surface area contributed by atoms with Crippen molar-refractivity contribution < 1.29 is 17.9 Å². The highest BCUT2D eigenvalue weighted by Crippen LogP contribution is 2.33. The number of rotatable bonds is 4. The van der Waals surface area contributed by atoms with Gasteiger partial charge in [-0.05, 0) is 36.0 Å². The zero-order valence-corrected chi connectivity index (χ0v) is 16.3. The Morgan fingerprint density at radius 1 is 1.08 bits per heavy atom. The van der Waals surface area contributed by atoms with Gasteiger partial charge in [0.05, 0.1) is 18.1 Å². The van der Waals surface area contributed by atoms with Crippen molar-refractivity contribution in [2.24, 2.45) is 0 Å². The summed E-state index contributed by atoms with van der Waals surface area (Å²) in [4.78, 5) is 0.365. The second kappa shape index (κ2) is 6.99. The molecule has 3 rings (SSSR count). The van der Waals surface area contributed by atoms with Gasteiger partial charge in [-0.25, -0.2) is 8.42 Å². The fourth-order valence-corrected chi connectivity index (χ4v) is 4.85. The Labute approximate surface area is 151 Å². The van der Waals surface area contributed by atoms with E-state index in [0.717, 1.165) is 18.4 Å². The summed E-state index contributed by atoms with van der Waals surface area (Å²) in [6.07, 6.45) is 3.10. The first-order valence-electron chi connectivity index (χ1n) is 9.18. The van der Waals surface area contributed by atoms with Crippen LogP contribution in [0.15, 0.2) is 29.2 Å². The van der Waals surface area contributed by atoms with Gasteiger partial charge in [-0.2, -0.15) is 4.31 Å². The molecular weight excluding hydrogens is 338 g/mol. The van der Waals surface area contributed by atoms with Crippen LogP contribution in [0.2, 0.25) is 0 Å². The van der Waals surface area contributed by atoms with E-state index in [1.807, 2.05) is 12.1 Å². The molecule has 0 unspecified atom stereocenters. The molecule has 0 saturated carbocycles. The molecule has 0 bridgehead atoms. The lowest BCUT2D eigenvalue weighted by molar-refractivity contribution is -0.280. The smallest absolute Gasteiger partial charge is 0.243 e. The van der Waals surface area contributed by atoms with Gasteiger partial charge in [0.1, 0.15) is 0 Å². The molecule has 6 heteroatoms. The highest BCUT2D eigenvalue weighted by Gasteiger charge is 2.41. The molecule has 1 aromatic rings. The Morgan fingerprint density at radius 3 is 2.16 bits per heavy atom. The fraction of sp³-hybridized carbons (Fsp3) is 0.684. The Hall–Kier alpha value is -0.950. The van der Waals surface area contributed by atoms with Crippen LogP contribution in [-0.2, 0) is 24.9 Å². The second-order valence-electron chi connectivity index (χ2n) is 7.63. The lowest BCUT2D eigenvalue weighted by atomic mass is 9.82. The van der Waals surface area contributed by atoms with Crippen molar-refractivity contribution in [3.63, 3.8) is 0 Å². The van der Waals surface area contributed by atoms with Gasteiger partial charge >= 0.3 is 0 Å². The molecule has 25 heavy (non-hydrogen) atoms. The van der Waals surface area contributed by atoms with Gasteiger partial charge in [-0.1, -0.05) is 32.9 Å². The predicted octanol–water partition coefficient (Wildman–Crippen LogP) is 3.29. The molecule has 140 valence electrons. The first kappa shape index (κ1) is 18.8. The highest BCUT2D eigenvalue weighted by molar-refractivity contribution is 7.89. The minimum absolute atomic E-state index is 0.0510. The molecule has 0 atom stereocenters. The third-order valence-corrected chi connectivity index (χ3v) is 7.57. The number of ether oxygens (including phenoxy) is 2. The van der Waals surface area contributed by atoms with E-state index in [-0.39, 0.29) is 5.41 Å². The van der Waals surface area contributed by atoms with E-state index in [0.29, 0.717) is 44.0 Å². The Kier molecular flexibility index (Phi) is 5.26. The van der Waals surface area contributed by atoms with Crippen LogP contribution < -0.4 is 0 Å². The van der Waals surface area contributed by atoms with Crippen molar-refractivity contribution in [3.8, 4) is 0 Å². The van der Waals surface area contributed by atoms with E-state index in [1.54, 1.807) is 16.4 Å². The molecule has 0 amide bonds. The summed E-state index contributed by atoms with van der Waals surface area (Å²) in [5.74, 6) is -0.570. The summed E-state index contributed by atoms with van der Waals surface area (Å²) >= 11 is 0. The topological polar surface area (TPSA) is 55.8 Å². The molecule has 2 aliphatic rings. The van der Waals surface area contributed by atoms with Crippen molar-refractivity contribution in [1.82, 2.24) is 4.31 Å². The van der Waals surface area contributed by atoms with Crippen LogP contribution in [0.5, 0.6) is 0 Å². The lowest BCUT2D eigenvalue weighted by Gasteiger charge is -2.42. The van der Waals surface area contributed by atoms with Gasteiger partial charge in [0.25, 0.3) is 0 Å². The number of hydrogen-bond donors (Lipinski definition) is 0. The summed E-state index contributed by atoms with van der Waals surface area (Å²) < 4.78 is 39.0. The SMILES string of the molecule is CCC(C)(C)c1ccc(S(=O)(=O)N2CCC3(CC2)OCCCO3)cc1. The van der Waals surface area contributed by atoms with Gasteiger partial charge in [0.2, 0.25) is 10.0 Å². The summed E-state index contributed by atoms with van der Waals surface area (Å²) in [6.45, 7) is 8.75. The maximum Gasteiger partial charge on any atom is 0.243 e. The molecule has 2 aliphatic heterocycles. The zero-order chi connectivity index (χ0) is 18.1. The monoisotopic (exact) mass is 367 g/mol. The first-order valence-corrected chi connectivity index (χ1v) is 10.6. The number of nitrogens with zero attached hydrogens (tertiary/aromatic N) is 1. The van der Waals surface area contributed by atoms with Gasteiger partial charge in [0.15, 0.2) is 5.79 Å². The average molecular weight is 368 g/mol. The number of sulfonamides is 1. The Balaban J connectivity index is 1.72. The van der Waals surface area contributed by atoms with Crippen molar-refractivity contribution in [2.75, 3.05) is 26.3 Å². The molecule has 0 radical (unpaired) electrons. The van der Waals surface area contributed by atoms with E-state index in [2.05, 4.69) is 20.8 Å². The molecular formula is C19H29NO4S. The molecule has 2 saturated heterocycles. The normalized spacial score (nSPS) is 22.2. The first-order chi connectivity index (χ1) is 11.8. The quantitative estimate of drug-likeness (QED) is 0.819. The zero-order valence-electron chi connectivity index (χ0n) is 15.5. The minimum Gasteiger partial charge on any atom is -0.350 e. The third kappa shape index (κ3) is 3.77. The average Bonchev–Trinajstić information content (AvgIpc) is 2.63. The van der Waals surface area contributed by atoms with Crippen molar-refractivity contribution >= 4 is 10.0 Å². The van der Waals surface area contributed by atoms with E-state index in [9.17, 15) is 8.42 Å². The number of piperidine rings is 1. The molecule has 2 heterocycles. The van der Waals surface area contributed by atoms with Crippen LogP contribution in [0, 0.1) is 0 Å². The van der Waals surface area contributed by atoms with Gasteiger partial charge in [-0.15, -0.1) is 0 Å². The largest absolute Gasteiger partial charge is 0.350 e. The van der Waals surface area contributed by atoms with Crippen LogP contribution in [-0.4, -0.2) is 44.8 Å². The summed E-state index contributed by atoms with van der Waals surface area (Å²) in [5.41, 5.74) is 1.21. The summed E-state index contributed by atoms with van der Waals surface area (Å²) in [5, 5.41) is 0. The van der Waals surface area contributed by atoms with Crippen molar-refractivity contribution in [2.45, 2.75) is 62.6 Å². The number of benzene rings is 1. The molecule has 0 N–H and O–H groups in total. The van der Waals surface area contributed by atoms with E-state index in [4.69, 9.17) is 9.47 Å². The van der Waals surface area contributed by atoms with Crippen LogP contribution >= 0.6 is 0 Å². The van der Waals surface area contributed by atoms with Crippen LogP contribution in [0.25, 0.3) is 0 Å². The molecule has 0 aromatic heterocycles. The molecule has 2 fully saturated rings. The van der Waals surface area contributed by atoms with Gasteiger partial charge in [0, 0.05) is 25.9 Å². The fourth-order valence-electron chi connectivity index (χ4n) is 3.40. The lowest BCUT2D eigenvalue weighted by Crippen LogP contribution is -2.51. The maximum atomic E-state index is 12.9. The van der Waals surface area contributed by atoms with E-state index in [1.165, 1.54) is 0 Å². The number of hydrogen-bond acceptors (Lipinski definition) is 4. The highest BCUT2D eigenvalue weighted by atomic mass is 32.2. The van der Waals surface area contributed by atoms with Crippen LogP contribution in [0.3, 0.4) is 0 Å². The molecule has 1 spiro atoms. The second-order valence-corrected chi connectivity index (χ2v) is 9.56. The van der Waals surface area contributed by atoms with E-state index < -0.39 is 15.8 Å². The van der Waals surface area contributed by atoms with Gasteiger partial charge < -0.3 is 9.47 Å². The summed E-state index contributed by atoms with van der Waals surface area (Å²) in [6, 6.07) is 7.35. The van der Waals surface area contributed by atoms with Gasteiger partial charge in [-0.3, -0.25) is 0 Å². The van der Waals surface area contributed by atoms with Crippen molar-refractivity contribution in [3.05, 3.63) is 29.8 Å². The summed E-state index contributed by atoms with van der Waals surface area (Å²) in [7, 11) is -3.46. The van der Waals surface area contributed by atoms with Crippen LogP contribution in [0.1, 0.15) is 52.0 Å².